The molecule has 21 heavy (non-hydrogen) atoms. The number of hydrogen-bond donors (Lipinski definition) is 1. The molecule has 1 N–H and O–H groups in total. The highest BCUT2D eigenvalue weighted by molar-refractivity contribution is 5.36. The number of nitrogens with one attached hydrogen (secondary N) is 1. The van der Waals surface area contributed by atoms with Crippen molar-refractivity contribution in [3.8, 4) is 5.69 Å². The lowest BCUT2D eigenvalue weighted by atomic mass is 10.0. The molecule has 1 aliphatic heterocycles. The number of alkyl halides is 3. The molecule has 3 rings (SSSR count). The summed E-state index contributed by atoms with van der Waals surface area (Å²) in [5, 5.41) is 11.4. The maximum absolute atomic E-state index is 12.7. The third kappa shape index (κ3) is 3.07. The Kier molecular flexibility index (Phi) is 3.67. The van der Waals surface area contributed by atoms with Gasteiger partial charge in [-0.2, -0.15) is 13.2 Å². The maximum Gasteiger partial charge on any atom is 0.416 e. The van der Waals surface area contributed by atoms with Gasteiger partial charge in [-0.3, -0.25) is 0 Å². The van der Waals surface area contributed by atoms with Gasteiger partial charge in [0.15, 0.2) is 0 Å². The zero-order valence-electron chi connectivity index (χ0n) is 11.3. The largest absolute Gasteiger partial charge is 0.416 e. The molecule has 0 amide bonds. The molecule has 7 heteroatoms. The van der Waals surface area contributed by atoms with Crippen molar-refractivity contribution in [1.29, 1.82) is 0 Å². The fraction of sp³-hybridized carbons (Fsp3) is 0.429. The van der Waals surface area contributed by atoms with E-state index in [-0.39, 0.29) is 6.04 Å². The van der Waals surface area contributed by atoms with Crippen LogP contribution in [0.3, 0.4) is 0 Å². The molecule has 2 aromatic rings. The quantitative estimate of drug-likeness (QED) is 0.926. The van der Waals surface area contributed by atoms with Crippen molar-refractivity contribution < 1.29 is 13.2 Å². The van der Waals surface area contributed by atoms with E-state index in [1.807, 2.05) is 0 Å². The fourth-order valence-electron chi connectivity index (χ4n) is 2.49. The Balaban J connectivity index is 1.86. The lowest BCUT2D eigenvalue weighted by molar-refractivity contribution is -0.137. The van der Waals surface area contributed by atoms with Gasteiger partial charge in [0.25, 0.3) is 0 Å². The molecular formula is C14H15F3N4. The molecule has 1 aromatic carbocycles. The first-order valence-electron chi connectivity index (χ1n) is 6.87. The summed E-state index contributed by atoms with van der Waals surface area (Å²) in [6.07, 6.45) is 0.566. The summed E-state index contributed by atoms with van der Waals surface area (Å²) in [5.74, 6) is 0. The Morgan fingerprint density at radius 2 is 2.10 bits per heavy atom. The molecule has 2 heterocycles. The molecule has 1 aromatic heterocycles. The smallest absolute Gasteiger partial charge is 0.309 e. The second-order valence-corrected chi connectivity index (χ2v) is 5.14. The van der Waals surface area contributed by atoms with Crippen molar-refractivity contribution in [2.75, 3.05) is 6.54 Å². The number of halogens is 3. The molecule has 1 atom stereocenters. The van der Waals surface area contributed by atoms with Gasteiger partial charge < -0.3 is 5.32 Å². The molecule has 0 spiro atoms. The normalized spacial score (nSPS) is 19.7. The van der Waals surface area contributed by atoms with Gasteiger partial charge in [-0.05, 0) is 37.6 Å². The van der Waals surface area contributed by atoms with E-state index in [4.69, 9.17) is 0 Å². The summed E-state index contributed by atoms with van der Waals surface area (Å²) in [7, 11) is 0. The molecule has 1 aliphatic rings. The van der Waals surface area contributed by atoms with Gasteiger partial charge in [-0.15, -0.1) is 5.10 Å². The molecule has 1 unspecified atom stereocenters. The monoisotopic (exact) mass is 296 g/mol. The van der Waals surface area contributed by atoms with Crippen LogP contribution in [-0.4, -0.2) is 21.5 Å². The predicted molar refractivity (Wildman–Crippen MR) is 71.0 cm³/mol. The van der Waals surface area contributed by atoms with Crippen molar-refractivity contribution in [3.63, 3.8) is 0 Å². The average molecular weight is 296 g/mol. The highest BCUT2D eigenvalue weighted by Gasteiger charge is 2.30. The molecule has 0 saturated carbocycles. The summed E-state index contributed by atoms with van der Waals surface area (Å²) in [5.41, 5.74) is 0.444. The second kappa shape index (κ2) is 5.48. The number of nitrogens with zero attached hydrogens (tertiary/aromatic N) is 3. The number of piperidine rings is 1. The Morgan fingerprint density at radius 1 is 1.24 bits per heavy atom. The minimum Gasteiger partial charge on any atom is -0.309 e. The zero-order valence-corrected chi connectivity index (χ0v) is 11.3. The van der Waals surface area contributed by atoms with Gasteiger partial charge in [0, 0.05) is 0 Å². The van der Waals surface area contributed by atoms with Gasteiger partial charge in [0.2, 0.25) is 0 Å². The number of rotatable bonds is 2. The van der Waals surface area contributed by atoms with E-state index in [2.05, 4.69) is 15.6 Å². The standard InChI is InChI=1S/C14H15F3N4/c15-14(16,17)10-4-3-5-11(8-10)21-9-13(19-20-21)12-6-1-2-7-18-12/h3-5,8-9,12,18H,1-2,6-7H2. The van der Waals surface area contributed by atoms with Crippen LogP contribution in [0.15, 0.2) is 30.5 Å². The van der Waals surface area contributed by atoms with Gasteiger partial charge in [-0.25, -0.2) is 4.68 Å². The second-order valence-electron chi connectivity index (χ2n) is 5.14. The lowest BCUT2D eigenvalue weighted by Gasteiger charge is -2.20. The lowest BCUT2D eigenvalue weighted by Crippen LogP contribution is -2.27. The topological polar surface area (TPSA) is 42.7 Å². The Hall–Kier alpha value is -1.89. The number of benzene rings is 1. The Labute approximate surface area is 120 Å². The summed E-state index contributed by atoms with van der Waals surface area (Å²) in [4.78, 5) is 0. The summed E-state index contributed by atoms with van der Waals surface area (Å²) in [6.45, 7) is 0.932. The van der Waals surface area contributed by atoms with Crippen LogP contribution in [0.4, 0.5) is 13.2 Å². The predicted octanol–water partition coefficient (Wildman–Crippen LogP) is 3.10. The zero-order chi connectivity index (χ0) is 14.9. The van der Waals surface area contributed by atoms with Crippen molar-refractivity contribution >= 4 is 0 Å². The van der Waals surface area contributed by atoms with E-state index in [0.29, 0.717) is 5.69 Å². The molecule has 1 saturated heterocycles. The first kappa shape index (κ1) is 14.1. The Bertz CT molecular complexity index is 615. The van der Waals surface area contributed by atoms with Crippen molar-refractivity contribution in [2.24, 2.45) is 0 Å². The Morgan fingerprint density at radius 3 is 2.81 bits per heavy atom. The molecular weight excluding hydrogens is 281 g/mol. The maximum atomic E-state index is 12.7. The van der Waals surface area contributed by atoms with Gasteiger partial charge >= 0.3 is 6.18 Å². The van der Waals surface area contributed by atoms with E-state index in [1.165, 1.54) is 10.7 Å². The average Bonchev–Trinajstić information content (AvgIpc) is 2.97. The van der Waals surface area contributed by atoms with Crippen LogP contribution in [0.2, 0.25) is 0 Å². The van der Waals surface area contributed by atoms with E-state index in [1.54, 1.807) is 12.3 Å². The summed E-state index contributed by atoms with van der Waals surface area (Å²) in [6, 6.07) is 5.22. The van der Waals surface area contributed by atoms with Crippen LogP contribution in [0.5, 0.6) is 0 Å². The molecule has 112 valence electrons. The first-order chi connectivity index (χ1) is 10.0. The van der Waals surface area contributed by atoms with Crippen LogP contribution in [0.25, 0.3) is 5.69 Å². The highest BCUT2D eigenvalue weighted by atomic mass is 19.4. The molecule has 0 radical (unpaired) electrons. The first-order valence-corrected chi connectivity index (χ1v) is 6.87. The van der Waals surface area contributed by atoms with E-state index in [9.17, 15) is 13.2 Å². The minimum atomic E-state index is -4.36. The molecule has 0 bridgehead atoms. The van der Waals surface area contributed by atoms with Crippen molar-refractivity contribution in [2.45, 2.75) is 31.5 Å². The summed E-state index contributed by atoms with van der Waals surface area (Å²) >= 11 is 0. The minimum absolute atomic E-state index is 0.137. The van der Waals surface area contributed by atoms with Gasteiger partial charge in [-0.1, -0.05) is 17.7 Å². The van der Waals surface area contributed by atoms with Crippen molar-refractivity contribution in [1.82, 2.24) is 20.3 Å². The van der Waals surface area contributed by atoms with Crippen molar-refractivity contribution in [3.05, 3.63) is 41.7 Å². The fourth-order valence-corrected chi connectivity index (χ4v) is 2.49. The van der Waals surface area contributed by atoms with Crippen LogP contribution >= 0.6 is 0 Å². The van der Waals surface area contributed by atoms with Crippen LogP contribution in [-0.2, 0) is 6.18 Å². The van der Waals surface area contributed by atoms with Crippen LogP contribution in [0.1, 0.15) is 36.6 Å². The molecule has 0 aliphatic carbocycles. The van der Waals surface area contributed by atoms with E-state index in [0.717, 1.165) is 43.6 Å². The van der Waals surface area contributed by atoms with E-state index >= 15 is 0 Å². The third-order valence-electron chi connectivity index (χ3n) is 3.62. The molecule has 1 fully saturated rings. The third-order valence-corrected chi connectivity index (χ3v) is 3.62. The highest BCUT2D eigenvalue weighted by Crippen LogP contribution is 2.30. The van der Waals surface area contributed by atoms with Crippen LogP contribution < -0.4 is 5.32 Å². The van der Waals surface area contributed by atoms with E-state index < -0.39 is 11.7 Å². The van der Waals surface area contributed by atoms with Crippen LogP contribution in [0, 0.1) is 0 Å². The molecule has 4 nitrogen and oxygen atoms in total. The van der Waals surface area contributed by atoms with Gasteiger partial charge in [0.05, 0.1) is 23.5 Å². The SMILES string of the molecule is FC(F)(F)c1cccc(-n2cc(C3CCCCN3)nn2)c1. The summed E-state index contributed by atoms with van der Waals surface area (Å²) < 4.78 is 39.6. The number of hydrogen-bond acceptors (Lipinski definition) is 3. The number of aromatic nitrogens is 3. The van der Waals surface area contributed by atoms with Gasteiger partial charge in [0.1, 0.15) is 5.69 Å².